The molecule has 21 heavy (non-hydrogen) atoms. The molecule has 0 radical (unpaired) electrons. The predicted octanol–water partition coefficient (Wildman–Crippen LogP) is 1.94. The van der Waals surface area contributed by atoms with Crippen LogP contribution in [0.4, 0.5) is 0 Å². The number of rotatable bonds is 8. The molecule has 6 heteroatoms. The van der Waals surface area contributed by atoms with Gasteiger partial charge in [0.05, 0.1) is 6.54 Å². The Hall–Kier alpha value is -1.56. The van der Waals surface area contributed by atoms with Crippen molar-refractivity contribution in [3.8, 4) is 0 Å². The maximum absolute atomic E-state index is 5.23. The summed E-state index contributed by atoms with van der Waals surface area (Å²) in [4.78, 5) is 4.54. The number of ether oxygens (including phenoxy) is 1. The zero-order chi connectivity index (χ0) is 15.0. The van der Waals surface area contributed by atoms with Gasteiger partial charge in [-0.15, -0.1) is 0 Å². The summed E-state index contributed by atoms with van der Waals surface area (Å²) < 4.78 is 10.0. The SMILES string of the molecule is CCNC(=NCc1ccon1)NCC1(CCOC)CCC1. The minimum atomic E-state index is 0.375. The molecule has 0 spiro atoms. The molecule has 1 fully saturated rings. The maximum Gasteiger partial charge on any atom is 0.191 e. The molecule has 1 aromatic heterocycles. The Balaban J connectivity index is 1.85. The minimum absolute atomic E-state index is 0.375. The molecule has 1 heterocycles. The van der Waals surface area contributed by atoms with E-state index in [-0.39, 0.29) is 0 Å². The van der Waals surface area contributed by atoms with Crippen LogP contribution < -0.4 is 10.6 Å². The number of nitrogens with one attached hydrogen (secondary N) is 2. The molecular weight excluding hydrogens is 268 g/mol. The second kappa shape index (κ2) is 8.02. The molecule has 0 saturated heterocycles. The number of aromatic nitrogens is 1. The Morgan fingerprint density at radius 1 is 1.48 bits per heavy atom. The van der Waals surface area contributed by atoms with Crippen LogP contribution in [0.3, 0.4) is 0 Å². The van der Waals surface area contributed by atoms with Crippen LogP contribution in [0.5, 0.6) is 0 Å². The van der Waals surface area contributed by atoms with Crippen LogP contribution in [0.15, 0.2) is 21.8 Å². The van der Waals surface area contributed by atoms with E-state index in [2.05, 4.69) is 27.7 Å². The normalized spacial score (nSPS) is 17.3. The monoisotopic (exact) mass is 294 g/mol. The van der Waals surface area contributed by atoms with Crippen LogP contribution in [0, 0.1) is 5.41 Å². The van der Waals surface area contributed by atoms with Gasteiger partial charge in [0.15, 0.2) is 5.96 Å². The summed E-state index contributed by atoms with van der Waals surface area (Å²) >= 11 is 0. The van der Waals surface area contributed by atoms with E-state index >= 15 is 0 Å². The summed E-state index contributed by atoms with van der Waals surface area (Å²) in [5, 5.41) is 10.6. The van der Waals surface area contributed by atoms with Crippen molar-refractivity contribution < 1.29 is 9.26 Å². The summed E-state index contributed by atoms with van der Waals surface area (Å²) in [6, 6.07) is 1.83. The molecule has 0 amide bonds. The number of hydrogen-bond donors (Lipinski definition) is 2. The first-order valence-electron chi connectivity index (χ1n) is 7.68. The number of methoxy groups -OCH3 is 1. The Labute approximate surface area is 126 Å². The van der Waals surface area contributed by atoms with Crippen LogP contribution in [-0.4, -0.2) is 37.9 Å². The highest BCUT2D eigenvalue weighted by atomic mass is 16.5. The summed E-state index contributed by atoms with van der Waals surface area (Å²) in [5.74, 6) is 0.837. The fourth-order valence-electron chi connectivity index (χ4n) is 2.60. The van der Waals surface area contributed by atoms with E-state index in [4.69, 9.17) is 9.26 Å². The van der Waals surface area contributed by atoms with Crippen molar-refractivity contribution in [1.29, 1.82) is 0 Å². The average molecular weight is 294 g/mol. The van der Waals surface area contributed by atoms with Gasteiger partial charge in [0.2, 0.25) is 0 Å². The van der Waals surface area contributed by atoms with Crippen molar-refractivity contribution in [2.24, 2.45) is 10.4 Å². The molecule has 1 aliphatic carbocycles. The standard InChI is InChI=1S/C15H26N4O2/c1-3-16-14(17-11-13-5-9-21-19-13)18-12-15(6-4-7-15)8-10-20-2/h5,9H,3-4,6-8,10-12H2,1-2H3,(H2,16,17,18). The number of hydrogen-bond acceptors (Lipinski definition) is 4. The quantitative estimate of drug-likeness (QED) is 0.566. The Morgan fingerprint density at radius 2 is 2.33 bits per heavy atom. The van der Waals surface area contributed by atoms with Gasteiger partial charge in [-0.1, -0.05) is 11.6 Å². The third kappa shape index (κ3) is 4.74. The van der Waals surface area contributed by atoms with E-state index in [0.29, 0.717) is 12.0 Å². The number of aliphatic imine (C=N–C) groups is 1. The van der Waals surface area contributed by atoms with Gasteiger partial charge in [-0.25, -0.2) is 4.99 Å². The van der Waals surface area contributed by atoms with Crippen molar-refractivity contribution >= 4 is 5.96 Å². The van der Waals surface area contributed by atoms with Crippen molar-refractivity contribution in [2.45, 2.75) is 39.2 Å². The van der Waals surface area contributed by atoms with Crippen LogP contribution in [0.1, 0.15) is 38.3 Å². The third-order valence-electron chi connectivity index (χ3n) is 4.12. The van der Waals surface area contributed by atoms with Crippen LogP contribution in [-0.2, 0) is 11.3 Å². The fourth-order valence-corrected chi connectivity index (χ4v) is 2.60. The molecule has 1 saturated carbocycles. The highest BCUT2D eigenvalue weighted by Gasteiger charge is 2.36. The van der Waals surface area contributed by atoms with E-state index in [1.54, 1.807) is 13.4 Å². The second-order valence-electron chi connectivity index (χ2n) is 5.64. The summed E-state index contributed by atoms with van der Waals surface area (Å²) in [6.07, 6.45) is 6.54. The molecule has 0 aromatic carbocycles. The van der Waals surface area contributed by atoms with E-state index in [0.717, 1.165) is 37.8 Å². The molecule has 0 bridgehead atoms. The van der Waals surface area contributed by atoms with E-state index in [1.165, 1.54) is 19.3 Å². The topological polar surface area (TPSA) is 71.7 Å². The van der Waals surface area contributed by atoms with Gasteiger partial charge in [0, 0.05) is 32.9 Å². The van der Waals surface area contributed by atoms with Gasteiger partial charge in [0.1, 0.15) is 12.0 Å². The molecule has 1 aromatic rings. The van der Waals surface area contributed by atoms with Crippen molar-refractivity contribution in [2.75, 3.05) is 26.8 Å². The third-order valence-corrected chi connectivity index (χ3v) is 4.12. The second-order valence-corrected chi connectivity index (χ2v) is 5.64. The molecule has 1 aliphatic rings. The van der Waals surface area contributed by atoms with Gasteiger partial charge in [0.25, 0.3) is 0 Å². The lowest BCUT2D eigenvalue weighted by atomic mass is 9.67. The van der Waals surface area contributed by atoms with E-state index in [1.807, 2.05) is 6.07 Å². The highest BCUT2D eigenvalue weighted by Crippen LogP contribution is 2.43. The summed E-state index contributed by atoms with van der Waals surface area (Å²) in [6.45, 7) is 5.21. The molecule has 6 nitrogen and oxygen atoms in total. The van der Waals surface area contributed by atoms with Crippen LogP contribution in [0.2, 0.25) is 0 Å². The van der Waals surface area contributed by atoms with Crippen molar-refractivity contribution in [3.05, 3.63) is 18.0 Å². The lowest BCUT2D eigenvalue weighted by Gasteiger charge is -2.42. The Kier molecular flexibility index (Phi) is 6.04. The average Bonchev–Trinajstić information content (AvgIpc) is 2.96. The van der Waals surface area contributed by atoms with Gasteiger partial charge in [-0.2, -0.15) is 0 Å². The highest BCUT2D eigenvalue weighted by molar-refractivity contribution is 5.79. The summed E-state index contributed by atoms with van der Waals surface area (Å²) in [7, 11) is 1.77. The van der Waals surface area contributed by atoms with Gasteiger partial charge in [-0.05, 0) is 31.6 Å². The fraction of sp³-hybridized carbons (Fsp3) is 0.733. The molecular formula is C15H26N4O2. The number of nitrogens with zero attached hydrogens (tertiary/aromatic N) is 2. The predicted molar refractivity (Wildman–Crippen MR) is 82.1 cm³/mol. The zero-order valence-corrected chi connectivity index (χ0v) is 13.0. The Morgan fingerprint density at radius 3 is 2.90 bits per heavy atom. The lowest BCUT2D eigenvalue weighted by molar-refractivity contribution is 0.0732. The summed E-state index contributed by atoms with van der Waals surface area (Å²) in [5.41, 5.74) is 1.21. The van der Waals surface area contributed by atoms with Crippen molar-refractivity contribution in [3.63, 3.8) is 0 Å². The van der Waals surface area contributed by atoms with E-state index < -0.39 is 0 Å². The van der Waals surface area contributed by atoms with Gasteiger partial charge < -0.3 is 19.9 Å². The molecule has 118 valence electrons. The van der Waals surface area contributed by atoms with E-state index in [9.17, 15) is 0 Å². The van der Waals surface area contributed by atoms with Crippen LogP contribution in [0.25, 0.3) is 0 Å². The van der Waals surface area contributed by atoms with Gasteiger partial charge in [-0.3, -0.25) is 0 Å². The first kappa shape index (κ1) is 15.8. The largest absolute Gasteiger partial charge is 0.385 e. The molecule has 2 N–H and O–H groups in total. The van der Waals surface area contributed by atoms with Crippen LogP contribution >= 0.6 is 0 Å². The smallest absolute Gasteiger partial charge is 0.191 e. The first-order chi connectivity index (χ1) is 10.3. The number of guanidine groups is 1. The van der Waals surface area contributed by atoms with Crippen molar-refractivity contribution in [1.82, 2.24) is 15.8 Å². The first-order valence-corrected chi connectivity index (χ1v) is 7.68. The van der Waals surface area contributed by atoms with Gasteiger partial charge >= 0.3 is 0 Å². The maximum atomic E-state index is 5.23. The minimum Gasteiger partial charge on any atom is -0.385 e. The lowest BCUT2D eigenvalue weighted by Crippen LogP contribution is -2.46. The zero-order valence-electron chi connectivity index (χ0n) is 13.0. The molecule has 0 aliphatic heterocycles. The molecule has 2 rings (SSSR count). The Bertz CT molecular complexity index is 427. The molecule has 0 atom stereocenters. The molecule has 0 unspecified atom stereocenters.